The van der Waals surface area contributed by atoms with Crippen molar-refractivity contribution in [1.82, 2.24) is 8.87 Å². The highest BCUT2D eigenvalue weighted by Crippen LogP contribution is 2.31. The Balaban J connectivity index is 1.61. The summed E-state index contributed by atoms with van der Waals surface area (Å²) in [5, 5.41) is 0. The Labute approximate surface area is 182 Å². The first-order valence-electron chi connectivity index (χ1n) is 9.32. The van der Waals surface area contributed by atoms with Gasteiger partial charge in [0, 0.05) is 19.6 Å². The maximum Gasteiger partial charge on any atom is 0.252 e. The molecule has 4 rings (SSSR count). The fourth-order valence-electron chi connectivity index (χ4n) is 3.52. The van der Waals surface area contributed by atoms with Gasteiger partial charge in [-0.15, -0.1) is 11.3 Å². The van der Waals surface area contributed by atoms with E-state index in [1.54, 1.807) is 6.07 Å². The number of aromatic nitrogens is 1. The highest BCUT2D eigenvalue weighted by atomic mass is 35.5. The third-order valence-electron chi connectivity index (χ3n) is 4.99. The molecule has 0 aliphatic carbocycles. The summed E-state index contributed by atoms with van der Waals surface area (Å²) in [5.74, 6) is -0.702. The second kappa shape index (κ2) is 8.31. The van der Waals surface area contributed by atoms with Gasteiger partial charge in [0.05, 0.1) is 20.5 Å². The molecule has 1 saturated heterocycles. The molecule has 6 nitrogen and oxygen atoms in total. The van der Waals surface area contributed by atoms with Gasteiger partial charge >= 0.3 is 0 Å². The molecule has 10 heteroatoms. The standard InChI is InChI=1S/C19H20ClN3O3S3/c1-2-23-14-7-3-4-8-15(14)27-19(23)21-18(24)13-6-5-11-22(12-13)29(25,26)17-10-9-16(20)28-17/h3-4,7-10,13H,2,5-6,11-12H2,1H3. The van der Waals surface area contributed by atoms with E-state index in [4.69, 9.17) is 11.6 Å². The number of fused-ring (bicyclic) bond motifs is 1. The van der Waals surface area contributed by atoms with Crippen LogP contribution < -0.4 is 4.80 Å². The van der Waals surface area contributed by atoms with Gasteiger partial charge < -0.3 is 4.57 Å². The van der Waals surface area contributed by atoms with E-state index in [-0.39, 0.29) is 16.7 Å². The molecular formula is C19H20ClN3O3S3. The molecule has 3 heterocycles. The molecule has 0 saturated carbocycles. The normalized spacial score (nSPS) is 19.1. The van der Waals surface area contributed by atoms with Crippen LogP contribution in [-0.2, 0) is 21.4 Å². The Morgan fingerprint density at radius 3 is 2.76 bits per heavy atom. The van der Waals surface area contributed by atoms with E-state index < -0.39 is 15.9 Å². The van der Waals surface area contributed by atoms with Crippen molar-refractivity contribution < 1.29 is 13.2 Å². The van der Waals surface area contributed by atoms with E-state index in [1.807, 2.05) is 35.8 Å². The number of nitrogens with zero attached hydrogens (tertiary/aromatic N) is 3. The molecule has 3 aromatic rings. The van der Waals surface area contributed by atoms with Crippen molar-refractivity contribution in [2.24, 2.45) is 10.9 Å². The third-order valence-corrected chi connectivity index (χ3v) is 9.61. The molecule has 0 radical (unpaired) electrons. The van der Waals surface area contributed by atoms with Crippen molar-refractivity contribution in [2.75, 3.05) is 13.1 Å². The van der Waals surface area contributed by atoms with E-state index in [0.29, 0.717) is 35.1 Å². The van der Waals surface area contributed by atoms with Crippen LogP contribution in [0.3, 0.4) is 0 Å². The number of benzene rings is 1. The second-order valence-electron chi connectivity index (χ2n) is 6.81. The fraction of sp³-hybridized carbons (Fsp3) is 0.368. The van der Waals surface area contributed by atoms with Gasteiger partial charge in [-0.05, 0) is 44.0 Å². The zero-order valence-corrected chi connectivity index (χ0v) is 19.0. The van der Waals surface area contributed by atoms with Crippen molar-refractivity contribution in [3.63, 3.8) is 0 Å². The predicted octanol–water partition coefficient (Wildman–Crippen LogP) is 3.97. The number of halogens is 1. The maximum atomic E-state index is 12.9. The number of thiophene rings is 1. The highest BCUT2D eigenvalue weighted by molar-refractivity contribution is 7.91. The summed E-state index contributed by atoms with van der Waals surface area (Å²) in [6.45, 7) is 3.28. The van der Waals surface area contributed by atoms with Gasteiger partial charge in [-0.1, -0.05) is 35.1 Å². The van der Waals surface area contributed by atoms with Crippen LogP contribution in [0.25, 0.3) is 10.2 Å². The van der Waals surface area contributed by atoms with Gasteiger partial charge in [-0.3, -0.25) is 4.79 Å². The summed E-state index contributed by atoms with van der Waals surface area (Å²) in [7, 11) is -3.64. The Morgan fingerprint density at radius 1 is 1.24 bits per heavy atom. The topological polar surface area (TPSA) is 71.7 Å². The average Bonchev–Trinajstić information content (AvgIpc) is 3.31. The first kappa shape index (κ1) is 20.7. The number of thiazole rings is 1. The Bertz CT molecular complexity index is 1230. The quantitative estimate of drug-likeness (QED) is 0.580. The largest absolute Gasteiger partial charge is 0.317 e. The molecule has 1 amide bonds. The lowest BCUT2D eigenvalue weighted by atomic mass is 9.99. The lowest BCUT2D eigenvalue weighted by Crippen LogP contribution is -2.42. The van der Waals surface area contributed by atoms with Crippen LogP contribution >= 0.6 is 34.3 Å². The molecular weight excluding hydrogens is 450 g/mol. The van der Waals surface area contributed by atoms with Crippen molar-refractivity contribution >= 4 is 60.4 Å². The van der Waals surface area contributed by atoms with Crippen molar-refractivity contribution in [3.05, 3.63) is 45.5 Å². The van der Waals surface area contributed by atoms with Gasteiger partial charge in [0.15, 0.2) is 4.80 Å². The van der Waals surface area contributed by atoms with Crippen LogP contribution in [0.15, 0.2) is 45.6 Å². The number of hydrogen-bond donors (Lipinski definition) is 0. The van der Waals surface area contributed by atoms with Crippen molar-refractivity contribution in [2.45, 2.75) is 30.5 Å². The molecule has 1 aliphatic heterocycles. The Kier molecular flexibility index (Phi) is 5.94. The van der Waals surface area contributed by atoms with Crippen LogP contribution in [-0.4, -0.2) is 36.3 Å². The number of para-hydroxylation sites is 1. The molecule has 154 valence electrons. The van der Waals surface area contributed by atoms with Gasteiger partial charge in [0.2, 0.25) is 0 Å². The third kappa shape index (κ3) is 4.06. The van der Waals surface area contributed by atoms with Gasteiger partial charge in [-0.25, -0.2) is 8.42 Å². The molecule has 1 aromatic carbocycles. The number of rotatable bonds is 4. The van der Waals surface area contributed by atoms with E-state index in [1.165, 1.54) is 21.7 Å². The zero-order chi connectivity index (χ0) is 20.6. The summed E-state index contributed by atoms with van der Waals surface area (Å²) in [4.78, 5) is 18.0. The van der Waals surface area contributed by atoms with Gasteiger partial charge in [-0.2, -0.15) is 9.30 Å². The zero-order valence-electron chi connectivity index (χ0n) is 15.7. The number of hydrogen-bond acceptors (Lipinski definition) is 5. The molecule has 1 aliphatic rings. The second-order valence-corrected chi connectivity index (χ2v) is 11.7. The SMILES string of the molecule is CCn1c(=NC(=O)C2CCCN(S(=O)(=O)c3ccc(Cl)s3)C2)sc2ccccc21. The van der Waals surface area contributed by atoms with E-state index in [9.17, 15) is 13.2 Å². The van der Waals surface area contributed by atoms with Crippen LogP contribution in [0.1, 0.15) is 19.8 Å². The summed E-state index contributed by atoms with van der Waals surface area (Å²) in [6, 6.07) is 11.0. The minimum atomic E-state index is -3.64. The first-order chi connectivity index (χ1) is 13.9. The number of amides is 1. The molecule has 0 bridgehead atoms. The number of piperidine rings is 1. The molecule has 0 N–H and O–H groups in total. The van der Waals surface area contributed by atoms with Crippen LogP contribution in [0.4, 0.5) is 0 Å². The van der Waals surface area contributed by atoms with E-state index >= 15 is 0 Å². The van der Waals surface area contributed by atoms with Gasteiger partial charge in [0.25, 0.3) is 15.9 Å². The monoisotopic (exact) mass is 469 g/mol. The smallest absolute Gasteiger partial charge is 0.252 e. The van der Waals surface area contributed by atoms with E-state index in [2.05, 4.69) is 4.99 Å². The summed E-state index contributed by atoms with van der Waals surface area (Å²) in [6.07, 6.45) is 1.26. The van der Waals surface area contributed by atoms with Crippen molar-refractivity contribution in [3.8, 4) is 0 Å². The highest BCUT2D eigenvalue weighted by Gasteiger charge is 2.34. The number of sulfonamides is 1. The first-order valence-corrected chi connectivity index (χ1v) is 12.8. The lowest BCUT2D eigenvalue weighted by Gasteiger charge is -2.29. The van der Waals surface area contributed by atoms with E-state index in [0.717, 1.165) is 21.6 Å². The predicted molar refractivity (Wildman–Crippen MR) is 117 cm³/mol. The lowest BCUT2D eigenvalue weighted by molar-refractivity contribution is -0.122. The molecule has 1 unspecified atom stereocenters. The molecule has 1 fully saturated rings. The number of aryl methyl sites for hydroxylation is 1. The summed E-state index contributed by atoms with van der Waals surface area (Å²) < 4.78 is 30.9. The Morgan fingerprint density at radius 2 is 2.03 bits per heavy atom. The molecule has 1 atom stereocenters. The molecule has 29 heavy (non-hydrogen) atoms. The maximum absolute atomic E-state index is 12.9. The number of carbonyl (C=O) groups is 1. The van der Waals surface area contributed by atoms with Crippen LogP contribution in [0, 0.1) is 5.92 Å². The fourth-order valence-corrected chi connectivity index (χ4v) is 7.78. The van der Waals surface area contributed by atoms with Gasteiger partial charge in [0.1, 0.15) is 4.21 Å². The van der Waals surface area contributed by atoms with Crippen molar-refractivity contribution in [1.29, 1.82) is 0 Å². The molecule has 0 spiro atoms. The summed E-state index contributed by atoms with van der Waals surface area (Å²) in [5.41, 5.74) is 1.05. The summed E-state index contributed by atoms with van der Waals surface area (Å²) >= 11 is 8.41. The minimum Gasteiger partial charge on any atom is -0.317 e. The molecule has 2 aromatic heterocycles. The minimum absolute atomic E-state index is 0.150. The average molecular weight is 470 g/mol. The Hall–Kier alpha value is -1.52. The van der Waals surface area contributed by atoms with Crippen LogP contribution in [0.5, 0.6) is 0 Å². The number of carbonyl (C=O) groups excluding carboxylic acids is 1. The van der Waals surface area contributed by atoms with Crippen LogP contribution in [0.2, 0.25) is 4.34 Å².